The van der Waals surface area contributed by atoms with Gasteiger partial charge in [-0.3, -0.25) is 9.59 Å². The van der Waals surface area contributed by atoms with Gasteiger partial charge in [0.1, 0.15) is 6.10 Å². The minimum Gasteiger partial charge on any atom is -0.365 e. The lowest BCUT2D eigenvalue weighted by molar-refractivity contribution is -0.125. The summed E-state index contributed by atoms with van der Waals surface area (Å²) in [6.45, 7) is 2.18. The number of aromatic nitrogens is 2. The van der Waals surface area contributed by atoms with E-state index in [4.69, 9.17) is 4.74 Å². The number of imidazole rings is 1. The number of hydrogen-bond donors (Lipinski definition) is 1. The summed E-state index contributed by atoms with van der Waals surface area (Å²) in [6, 6.07) is 10.1. The lowest BCUT2D eigenvalue weighted by atomic mass is 9.95. The van der Waals surface area contributed by atoms with Crippen molar-refractivity contribution in [2.75, 3.05) is 20.1 Å². The summed E-state index contributed by atoms with van der Waals surface area (Å²) in [7, 11) is 1.65. The molecular formula is C20H24N4O3. The molecule has 2 aliphatic rings. The molecule has 1 saturated heterocycles. The normalized spacial score (nSPS) is 20.2. The maximum atomic E-state index is 12.9. The first kappa shape index (κ1) is 17.7. The Balaban J connectivity index is 1.44. The van der Waals surface area contributed by atoms with Gasteiger partial charge < -0.3 is 19.5 Å². The van der Waals surface area contributed by atoms with Crippen molar-refractivity contribution in [1.29, 1.82) is 0 Å². The highest BCUT2D eigenvalue weighted by Gasteiger charge is 2.31. The molecule has 1 unspecified atom stereocenters. The standard InChI is InChI=1S/C20H24N4O3/c1-21-19(25)15-7-9-23(10-8-15)20(26)18-16-12-27-17(11-24(16)13-22-18)14-5-3-2-4-6-14/h2-6,13,15,17H,7-12H2,1H3,(H,21,25). The Hall–Kier alpha value is -2.67. The van der Waals surface area contributed by atoms with Crippen LogP contribution in [0.5, 0.6) is 0 Å². The van der Waals surface area contributed by atoms with E-state index in [1.807, 2.05) is 22.8 Å². The molecule has 7 heteroatoms. The Morgan fingerprint density at radius 1 is 1.19 bits per heavy atom. The summed E-state index contributed by atoms with van der Waals surface area (Å²) in [6.07, 6.45) is 3.08. The first-order valence-corrected chi connectivity index (χ1v) is 9.38. The van der Waals surface area contributed by atoms with Gasteiger partial charge in [-0.1, -0.05) is 30.3 Å². The third-order valence-electron chi connectivity index (χ3n) is 5.50. The van der Waals surface area contributed by atoms with Crippen LogP contribution < -0.4 is 5.32 Å². The number of rotatable bonds is 3. The smallest absolute Gasteiger partial charge is 0.274 e. The third kappa shape index (κ3) is 3.47. The molecule has 1 aromatic heterocycles. The molecule has 1 aromatic carbocycles. The minimum absolute atomic E-state index is 0.00933. The maximum Gasteiger partial charge on any atom is 0.274 e. The summed E-state index contributed by atoms with van der Waals surface area (Å²) in [5, 5.41) is 2.69. The highest BCUT2D eigenvalue weighted by Crippen LogP contribution is 2.28. The molecule has 1 atom stereocenters. The van der Waals surface area contributed by atoms with E-state index >= 15 is 0 Å². The maximum absolute atomic E-state index is 12.9. The zero-order valence-corrected chi connectivity index (χ0v) is 15.4. The van der Waals surface area contributed by atoms with E-state index in [9.17, 15) is 9.59 Å². The van der Waals surface area contributed by atoms with Gasteiger partial charge >= 0.3 is 0 Å². The second-order valence-corrected chi connectivity index (χ2v) is 7.08. The number of ether oxygens (including phenoxy) is 1. The van der Waals surface area contributed by atoms with Crippen LogP contribution in [0.4, 0.5) is 0 Å². The first-order valence-electron chi connectivity index (χ1n) is 9.38. The number of likely N-dealkylation sites (tertiary alicyclic amines) is 1. The molecule has 2 aliphatic heterocycles. The van der Waals surface area contributed by atoms with Crippen molar-refractivity contribution in [3.63, 3.8) is 0 Å². The highest BCUT2D eigenvalue weighted by molar-refractivity contribution is 5.93. The van der Waals surface area contributed by atoms with E-state index in [0.717, 1.165) is 11.3 Å². The summed E-state index contributed by atoms with van der Waals surface area (Å²) >= 11 is 0. The van der Waals surface area contributed by atoms with Gasteiger partial charge in [0.25, 0.3) is 5.91 Å². The fraction of sp³-hybridized carbons (Fsp3) is 0.450. The van der Waals surface area contributed by atoms with Crippen LogP contribution in [-0.2, 0) is 22.7 Å². The van der Waals surface area contributed by atoms with Gasteiger partial charge in [-0.25, -0.2) is 4.98 Å². The van der Waals surface area contributed by atoms with Gasteiger partial charge in [-0.2, -0.15) is 0 Å². The van der Waals surface area contributed by atoms with Gasteiger partial charge in [-0.15, -0.1) is 0 Å². The Bertz CT molecular complexity index is 825. The van der Waals surface area contributed by atoms with E-state index in [1.54, 1.807) is 18.3 Å². The van der Waals surface area contributed by atoms with Crippen LogP contribution in [0.1, 0.15) is 40.7 Å². The lowest BCUT2D eigenvalue weighted by Gasteiger charge is -2.31. The van der Waals surface area contributed by atoms with Crippen molar-refractivity contribution in [1.82, 2.24) is 19.8 Å². The molecule has 0 aliphatic carbocycles. The molecule has 0 spiro atoms. The van der Waals surface area contributed by atoms with Crippen molar-refractivity contribution >= 4 is 11.8 Å². The molecule has 2 amide bonds. The number of hydrogen-bond acceptors (Lipinski definition) is 4. The van der Waals surface area contributed by atoms with Crippen LogP contribution in [0, 0.1) is 5.92 Å². The summed E-state index contributed by atoms with van der Waals surface area (Å²) in [5.74, 6) is -0.0207. The van der Waals surface area contributed by atoms with Crippen molar-refractivity contribution in [3.8, 4) is 0 Å². The number of carbonyl (C=O) groups excluding carboxylic acids is 2. The van der Waals surface area contributed by atoms with Gasteiger partial charge in [0.05, 0.1) is 25.2 Å². The number of piperidine rings is 1. The molecule has 0 bridgehead atoms. The zero-order chi connectivity index (χ0) is 18.8. The number of amides is 2. The summed E-state index contributed by atoms with van der Waals surface area (Å²) in [4.78, 5) is 30.9. The monoisotopic (exact) mass is 368 g/mol. The van der Waals surface area contributed by atoms with Crippen molar-refractivity contribution in [3.05, 3.63) is 53.6 Å². The second-order valence-electron chi connectivity index (χ2n) is 7.08. The number of benzene rings is 1. The minimum atomic E-state index is -0.0686. The lowest BCUT2D eigenvalue weighted by Crippen LogP contribution is -2.42. The molecule has 4 rings (SSSR count). The SMILES string of the molecule is CNC(=O)C1CCN(C(=O)c2ncn3c2COC(c2ccccc2)C3)CC1. The Morgan fingerprint density at radius 3 is 2.63 bits per heavy atom. The molecule has 3 heterocycles. The number of nitrogens with zero attached hydrogens (tertiary/aromatic N) is 3. The van der Waals surface area contributed by atoms with Crippen LogP contribution in [0.15, 0.2) is 36.7 Å². The van der Waals surface area contributed by atoms with E-state index in [0.29, 0.717) is 44.8 Å². The van der Waals surface area contributed by atoms with Crippen molar-refractivity contribution in [2.24, 2.45) is 5.92 Å². The van der Waals surface area contributed by atoms with Gasteiger partial charge in [0.15, 0.2) is 5.69 Å². The molecular weight excluding hydrogens is 344 g/mol. The fourth-order valence-electron chi connectivity index (χ4n) is 3.87. The Morgan fingerprint density at radius 2 is 1.93 bits per heavy atom. The topological polar surface area (TPSA) is 76.5 Å². The zero-order valence-electron chi connectivity index (χ0n) is 15.4. The molecule has 1 fully saturated rings. The van der Waals surface area contributed by atoms with Crippen LogP contribution >= 0.6 is 0 Å². The van der Waals surface area contributed by atoms with Crippen LogP contribution in [0.2, 0.25) is 0 Å². The number of carbonyl (C=O) groups is 2. The Labute approximate surface area is 158 Å². The average Bonchev–Trinajstić information content (AvgIpc) is 3.16. The molecule has 0 radical (unpaired) electrons. The third-order valence-corrected chi connectivity index (χ3v) is 5.50. The van der Waals surface area contributed by atoms with E-state index in [-0.39, 0.29) is 23.8 Å². The van der Waals surface area contributed by atoms with Gasteiger partial charge in [0.2, 0.25) is 5.91 Å². The molecule has 142 valence electrons. The quantitative estimate of drug-likeness (QED) is 0.896. The Kier molecular flexibility index (Phi) is 4.94. The second kappa shape index (κ2) is 7.52. The van der Waals surface area contributed by atoms with Crippen LogP contribution in [0.25, 0.3) is 0 Å². The van der Waals surface area contributed by atoms with E-state index < -0.39 is 0 Å². The first-order chi connectivity index (χ1) is 13.2. The van der Waals surface area contributed by atoms with Crippen molar-refractivity contribution in [2.45, 2.75) is 32.1 Å². The van der Waals surface area contributed by atoms with Gasteiger partial charge in [0, 0.05) is 26.1 Å². The molecule has 27 heavy (non-hydrogen) atoms. The van der Waals surface area contributed by atoms with E-state index in [2.05, 4.69) is 22.4 Å². The predicted octanol–water partition coefficient (Wildman–Crippen LogP) is 1.75. The van der Waals surface area contributed by atoms with E-state index in [1.165, 1.54) is 0 Å². The number of fused-ring (bicyclic) bond motifs is 1. The van der Waals surface area contributed by atoms with Crippen LogP contribution in [0.3, 0.4) is 0 Å². The molecule has 0 saturated carbocycles. The van der Waals surface area contributed by atoms with Gasteiger partial charge in [-0.05, 0) is 18.4 Å². The van der Waals surface area contributed by atoms with Crippen molar-refractivity contribution < 1.29 is 14.3 Å². The highest BCUT2D eigenvalue weighted by atomic mass is 16.5. The van der Waals surface area contributed by atoms with Crippen LogP contribution in [-0.4, -0.2) is 46.4 Å². The average molecular weight is 368 g/mol. The largest absolute Gasteiger partial charge is 0.365 e. The molecule has 1 N–H and O–H groups in total. The summed E-state index contributed by atoms with van der Waals surface area (Å²) < 4.78 is 8.03. The summed E-state index contributed by atoms with van der Waals surface area (Å²) in [5.41, 5.74) is 2.43. The number of nitrogens with one attached hydrogen (secondary N) is 1. The fourth-order valence-corrected chi connectivity index (χ4v) is 3.87. The molecule has 2 aromatic rings. The molecule has 7 nitrogen and oxygen atoms in total. The predicted molar refractivity (Wildman–Crippen MR) is 98.9 cm³/mol.